The third-order valence-corrected chi connectivity index (χ3v) is 3.27. The zero-order valence-electron chi connectivity index (χ0n) is 11.7. The van der Waals surface area contributed by atoms with Gasteiger partial charge >= 0.3 is 5.97 Å². The van der Waals surface area contributed by atoms with Crippen LogP contribution in [0.4, 0.5) is 5.69 Å². The fourth-order valence-corrected chi connectivity index (χ4v) is 2.24. The molecule has 0 spiro atoms. The Kier molecular flexibility index (Phi) is 3.51. The van der Waals surface area contributed by atoms with Crippen LogP contribution >= 0.6 is 0 Å². The van der Waals surface area contributed by atoms with Crippen LogP contribution in [-0.4, -0.2) is 30.8 Å². The molecule has 0 aliphatic carbocycles. The highest BCUT2D eigenvalue weighted by molar-refractivity contribution is 6.04. The van der Waals surface area contributed by atoms with Crippen LogP contribution in [0, 0.1) is 0 Å². The van der Waals surface area contributed by atoms with Crippen molar-refractivity contribution in [3.05, 3.63) is 23.9 Å². The fourth-order valence-electron chi connectivity index (χ4n) is 2.24. The van der Waals surface area contributed by atoms with E-state index in [4.69, 9.17) is 19.9 Å². The molecule has 21 heavy (non-hydrogen) atoms. The second-order valence-electron chi connectivity index (χ2n) is 4.67. The molecule has 2 heterocycles. The summed E-state index contributed by atoms with van der Waals surface area (Å²) in [6, 6.07) is 3.54. The number of aromatic nitrogens is 1. The molecular formula is C15H16N2O4. The van der Waals surface area contributed by atoms with E-state index in [2.05, 4.69) is 4.98 Å². The van der Waals surface area contributed by atoms with E-state index in [0.717, 1.165) is 6.42 Å². The van der Waals surface area contributed by atoms with Gasteiger partial charge in [-0.15, -0.1) is 0 Å². The molecule has 1 aromatic heterocycles. The van der Waals surface area contributed by atoms with E-state index in [1.807, 2.05) is 0 Å². The van der Waals surface area contributed by atoms with Crippen molar-refractivity contribution >= 4 is 22.6 Å². The molecule has 0 fully saturated rings. The topological polar surface area (TPSA) is 83.7 Å². The average Bonchev–Trinajstić information content (AvgIpc) is 2.71. The number of nitrogens with two attached hydrogens (primary N) is 1. The number of carbonyl (C=O) groups excluding carboxylic acids is 1. The van der Waals surface area contributed by atoms with Crippen molar-refractivity contribution in [3.63, 3.8) is 0 Å². The summed E-state index contributed by atoms with van der Waals surface area (Å²) < 4.78 is 16.2. The quantitative estimate of drug-likeness (QED) is 0.852. The molecule has 3 rings (SSSR count). The third-order valence-electron chi connectivity index (χ3n) is 3.27. The van der Waals surface area contributed by atoms with Gasteiger partial charge in [0.25, 0.3) is 0 Å². The molecule has 6 nitrogen and oxygen atoms in total. The van der Waals surface area contributed by atoms with Crippen LogP contribution in [0.3, 0.4) is 0 Å². The second-order valence-corrected chi connectivity index (χ2v) is 4.67. The van der Waals surface area contributed by atoms with Gasteiger partial charge in [-0.2, -0.15) is 0 Å². The first-order valence-electron chi connectivity index (χ1n) is 6.85. The number of nitrogen functional groups attached to an aromatic ring is 1. The Labute approximate surface area is 121 Å². The molecule has 1 aliphatic heterocycles. The summed E-state index contributed by atoms with van der Waals surface area (Å²) in [6.45, 7) is 3.23. The Morgan fingerprint density at radius 3 is 2.76 bits per heavy atom. The maximum atomic E-state index is 11.9. The highest BCUT2D eigenvalue weighted by atomic mass is 16.5. The van der Waals surface area contributed by atoms with Gasteiger partial charge in [-0.25, -0.2) is 4.79 Å². The maximum absolute atomic E-state index is 11.9. The minimum Gasteiger partial charge on any atom is -0.490 e. The first kappa shape index (κ1) is 13.5. The number of rotatable bonds is 2. The van der Waals surface area contributed by atoms with Gasteiger partial charge in [0, 0.05) is 24.1 Å². The van der Waals surface area contributed by atoms with Crippen molar-refractivity contribution in [2.24, 2.45) is 0 Å². The number of anilines is 1. The van der Waals surface area contributed by atoms with Crippen molar-refractivity contribution in [2.45, 2.75) is 13.3 Å². The largest absolute Gasteiger partial charge is 0.490 e. The lowest BCUT2D eigenvalue weighted by Gasteiger charge is -2.11. The highest BCUT2D eigenvalue weighted by Crippen LogP contribution is 2.36. The molecule has 0 atom stereocenters. The molecule has 0 unspecified atom stereocenters. The molecule has 6 heteroatoms. The Bertz CT molecular complexity index is 700. The predicted octanol–water partition coefficient (Wildman–Crippen LogP) is 2.16. The average molecular weight is 288 g/mol. The number of fused-ring (bicyclic) bond motifs is 2. The van der Waals surface area contributed by atoms with E-state index >= 15 is 0 Å². The molecule has 110 valence electrons. The minimum atomic E-state index is -0.475. The first-order valence-corrected chi connectivity index (χ1v) is 6.85. The van der Waals surface area contributed by atoms with Gasteiger partial charge in [-0.05, 0) is 13.0 Å². The SMILES string of the molecule is CCOC(=O)c1cnc2cc3c(cc2c1N)OCCCO3. The van der Waals surface area contributed by atoms with Gasteiger partial charge in [0.05, 0.1) is 31.0 Å². The van der Waals surface area contributed by atoms with Crippen molar-refractivity contribution in [1.82, 2.24) is 4.98 Å². The highest BCUT2D eigenvalue weighted by Gasteiger charge is 2.18. The zero-order valence-corrected chi connectivity index (χ0v) is 11.7. The minimum absolute atomic E-state index is 0.263. The number of hydrogen-bond donors (Lipinski definition) is 1. The molecule has 0 saturated carbocycles. The molecule has 0 saturated heterocycles. The number of pyridine rings is 1. The van der Waals surface area contributed by atoms with Crippen LogP contribution in [0.5, 0.6) is 11.5 Å². The summed E-state index contributed by atoms with van der Waals surface area (Å²) in [5.41, 5.74) is 7.35. The van der Waals surface area contributed by atoms with Gasteiger partial charge in [-0.1, -0.05) is 0 Å². The lowest BCUT2D eigenvalue weighted by molar-refractivity contribution is 0.0527. The molecule has 0 amide bonds. The third kappa shape index (κ3) is 2.44. The molecule has 2 N–H and O–H groups in total. The number of nitrogens with zero attached hydrogens (tertiary/aromatic N) is 1. The summed E-state index contributed by atoms with van der Waals surface area (Å²) >= 11 is 0. The van der Waals surface area contributed by atoms with Crippen molar-refractivity contribution < 1.29 is 19.0 Å². The van der Waals surface area contributed by atoms with Gasteiger partial charge in [0.1, 0.15) is 5.56 Å². The summed E-state index contributed by atoms with van der Waals surface area (Å²) in [6.07, 6.45) is 2.25. The van der Waals surface area contributed by atoms with Gasteiger partial charge in [0.2, 0.25) is 0 Å². The Hall–Kier alpha value is -2.50. The lowest BCUT2D eigenvalue weighted by atomic mass is 10.1. The number of ether oxygens (including phenoxy) is 3. The summed E-state index contributed by atoms with van der Waals surface area (Å²) in [5.74, 6) is 0.793. The number of hydrogen-bond acceptors (Lipinski definition) is 6. The molecule has 0 bridgehead atoms. The summed E-state index contributed by atoms with van der Waals surface area (Å²) in [5, 5.41) is 0.657. The van der Waals surface area contributed by atoms with Gasteiger partial charge < -0.3 is 19.9 Å². The van der Waals surface area contributed by atoms with Crippen LogP contribution in [0.15, 0.2) is 18.3 Å². The van der Waals surface area contributed by atoms with E-state index in [9.17, 15) is 4.79 Å². The van der Waals surface area contributed by atoms with E-state index in [-0.39, 0.29) is 12.2 Å². The second kappa shape index (κ2) is 5.47. The monoisotopic (exact) mass is 288 g/mol. The first-order chi connectivity index (χ1) is 10.2. The fraction of sp³-hybridized carbons (Fsp3) is 0.333. The van der Waals surface area contributed by atoms with Gasteiger partial charge in [-0.3, -0.25) is 4.98 Å². The molecule has 2 aromatic rings. The van der Waals surface area contributed by atoms with Gasteiger partial charge in [0.15, 0.2) is 11.5 Å². The Balaban J connectivity index is 2.12. The van der Waals surface area contributed by atoms with Crippen LogP contribution in [0.1, 0.15) is 23.7 Å². The standard InChI is InChI=1S/C15H16N2O4/c1-2-19-15(18)10-8-17-11-7-13-12(6-9(11)14(10)16)20-4-3-5-21-13/h6-8H,2-5H2,1H3,(H2,16,17). The van der Waals surface area contributed by atoms with Crippen LogP contribution in [0.2, 0.25) is 0 Å². The van der Waals surface area contributed by atoms with Crippen LogP contribution < -0.4 is 15.2 Å². The molecule has 1 aromatic carbocycles. The van der Waals surface area contributed by atoms with Crippen molar-refractivity contribution in [1.29, 1.82) is 0 Å². The molecule has 1 aliphatic rings. The predicted molar refractivity (Wildman–Crippen MR) is 77.7 cm³/mol. The maximum Gasteiger partial charge on any atom is 0.341 e. The van der Waals surface area contributed by atoms with Crippen LogP contribution in [0.25, 0.3) is 10.9 Å². The Morgan fingerprint density at radius 1 is 1.33 bits per heavy atom. The van der Waals surface area contributed by atoms with E-state index < -0.39 is 5.97 Å². The van der Waals surface area contributed by atoms with E-state index in [0.29, 0.717) is 41.3 Å². The van der Waals surface area contributed by atoms with Crippen molar-refractivity contribution in [2.75, 3.05) is 25.6 Å². The number of carbonyl (C=O) groups is 1. The lowest BCUT2D eigenvalue weighted by Crippen LogP contribution is -2.09. The summed E-state index contributed by atoms with van der Waals surface area (Å²) in [4.78, 5) is 16.1. The normalized spacial score (nSPS) is 13.8. The van der Waals surface area contributed by atoms with E-state index in [1.165, 1.54) is 6.20 Å². The molecule has 0 radical (unpaired) electrons. The van der Waals surface area contributed by atoms with Crippen LogP contribution in [-0.2, 0) is 4.74 Å². The smallest absolute Gasteiger partial charge is 0.341 e. The summed E-state index contributed by atoms with van der Waals surface area (Å²) in [7, 11) is 0. The number of esters is 1. The molecular weight excluding hydrogens is 272 g/mol. The van der Waals surface area contributed by atoms with E-state index in [1.54, 1.807) is 19.1 Å². The zero-order chi connectivity index (χ0) is 14.8. The Morgan fingerprint density at radius 2 is 2.05 bits per heavy atom. The number of benzene rings is 1. The van der Waals surface area contributed by atoms with Crippen molar-refractivity contribution in [3.8, 4) is 11.5 Å².